The summed E-state index contributed by atoms with van der Waals surface area (Å²) in [7, 11) is 1.65. The molecule has 9 heteroatoms. The number of aliphatic imine (C=N–C) groups is 1. The SMILES string of the molecule is CCNC(=NCCCOC)N1CCOC(c2cccc(C(F)(F)F)c2)C1.I. The van der Waals surface area contributed by atoms with Gasteiger partial charge in [0.15, 0.2) is 5.96 Å². The third-order valence-corrected chi connectivity index (χ3v) is 4.05. The van der Waals surface area contributed by atoms with Gasteiger partial charge in [0, 0.05) is 33.4 Å². The highest BCUT2D eigenvalue weighted by Gasteiger charge is 2.32. The van der Waals surface area contributed by atoms with Crippen LogP contribution in [0.4, 0.5) is 13.2 Å². The van der Waals surface area contributed by atoms with E-state index in [2.05, 4.69) is 10.3 Å². The van der Waals surface area contributed by atoms with E-state index in [1.54, 1.807) is 13.2 Å². The molecule has 1 heterocycles. The maximum atomic E-state index is 13.0. The van der Waals surface area contributed by atoms with Gasteiger partial charge in [-0.25, -0.2) is 0 Å². The number of guanidine groups is 1. The molecule has 154 valence electrons. The second-order valence-corrected chi connectivity index (χ2v) is 6.01. The van der Waals surface area contributed by atoms with Gasteiger partial charge in [0.25, 0.3) is 0 Å². The smallest absolute Gasteiger partial charge is 0.385 e. The van der Waals surface area contributed by atoms with Gasteiger partial charge < -0.3 is 19.7 Å². The van der Waals surface area contributed by atoms with E-state index in [4.69, 9.17) is 9.47 Å². The molecule has 1 saturated heterocycles. The van der Waals surface area contributed by atoms with Crippen LogP contribution < -0.4 is 5.32 Å². The maximum Gasteiger partial charge on any atom is 0.416 e. The lowest BCUT2D eigenvalue weighted by Crippen LogP contribution is -2.48. The molecular weight excluding hydrogens is 474 g/mol. The van der Waals surface area contributed by atoms with Gasteiger partial charge in [0.05, 0.1) is 18.7 Å². The summed E-state index contributed by atoms with van der Waals surface area (Å²) in [5.74, 6) is 0.754. The summed E-state index contributed by atoms with van der Waals surface area (Å²) in [6.45, 7) is 5.50. The van der Waals surface area contributed by atoms with Crippen molar-refractivity contribution in [1.82, 2.24) is 10.2 Å². The third-order valence-electron chi connectivity index (χ3n) is 4.05. The molecule has 0 bridgehead atoms. The summed E-state index contributed by atoms with van der Waals surface area (Å²) in [6, 6.07) is 5.33. The standard InChI is InChI=1S/C18H26F3N3O2.HI/c1-3-22-17(23-8-5-10-25-2)24-9-11-26-16(13-24)14-6-4-7-15(12-14)18(19,20)21;/h4,6-7,12,16H,3,5,8-11,13H2,1-2H3,(H,22,23);1H. The number of rotatable bonds is 6. The summed E-state index contributed by atoms with van der Waals surface area (Å²) < 4.78 is 49.6. The molecule has 1 aromatic carbocycles. The van der Waals surface area contributed by atoms with Crippen LogP contribution in [0, 0.1) is 0 Å². The second kappa shape index (κ2) is 11.7. The molecule has 1 aliphatic heterocycles. The van der Waals surface area contributed by atoms with Crippen molar-refractivity contribution in [1.29, 1.82) is 0 Å². The average molecular weight is 501 g/mol. The van der Waals surface area contributed by atoms with Crippen LogP contribution in [0.25, 0.3) is 0 Å². The first kappa shape index (κ1) is 24.0. The quantitative estimate of drug-likeness (QED) is 0.280. The minimum Gasteiger partial charge on any atom is -0.385 e. The van der Waals surface area contributed by atoms with E-state index in [1.165, 1.54) is 6.07 Å². The molecule has 0 aromatic heterocycles. The maximum absolute atomic E-state index is 13.0. The molecular formula is C18H27F3IN3O2. The van der Waals surface area contributed by atoms with Crippen LogP contribution in [0.2, 0.25) is 0 Å². The molecule has 0 amide bonds. The highest BCUT2D eigenvalue weighted by atomic mass is 127. The van der Waals surface area contributed by atoms with Crippen molar-refractivity contribution >= 4 is 29.9 Å². The van der Waals surface area contributed by atoms with Crippen LogP contribution in [0.3, 0.4) is 0 Å². The van der Waals surface area contributed by atoms with Crippen molar-refractivity contribution in [2.75, 3.05) is 46.5 Å². The number of nitrogens with one attached hydrogen (secondary N) is 1. The number of methoxy groups -OCH3 is 1. The molecule has 0 spiro atoms. The van der Waals surface area contributed by atoms with E-state index in [9.17, 15) is 13.2 Å². The second-order valence-electron chi connectivity index (χ2n) is 6.01. The highest BCUT2D eigenvalue weighted by Crippen LogP contribution is 2.32. The zero-order valence-electron chi connectivity index (χ0n) is 15.6. The topological polar surface area (TPSA) is 46.1 Å². The lowest BCUT2D eigenvalue weighted by Gasteiger charge is -2.35. The van der Waals surface area contributed by atoms with Crippen molar-refractivity contribution in [2.24, 2.45) is 4.99 Å². The van der Waals surface area contributed by atoms with Crippen LogP contribution in [-0.4, -0.2) is 57.4 Å². The summed E-state index contributed by atoms with van der Waals surface area (Å²) >= 11 is 0. The van der Waals surface area contributed by atoms with Crippen LogP contribution in [0.15, 0.2) is 29.3 Å². The molecule has 2 rings (SSSR count). The summed E-state index contributed by atoms with van der Waals surface area (Å²) in [6.07, 6.45) is -3.97. The molecule has 1 unspecified atom stereocenters. The lowest BCUT2D eigenvalue weighted by atomic mass is 10.0. The van der Waals surface area contributed by atoms with E-state index in [-0.39, 0.29) is 24.0 Å². The van der Waals surface area contributed by atoms with Crippen molar-refractivity contribution in [2.45, 2.75) is 25.6 Å². The molecule has 27 heavy (non-hydrogen) atoms. The van der Waals surface area contributed by atoms with Crippen LogP contribution in [0.5, 0.6) is 0 Å². The zero-order valence-corrected chi connectivity index (χ0v) is 17.9. The van der Waals surface area contributed by atoms with Crippen LogP contribution in [-0.2, 0) is 15.7 Å². The molecule has 0 radical (unpaired) electrons. The molecule has 1 fully saturated rings. The number of nitrogens with zero attached hydrogens (tertiary/aromatic N) is 2. The van der Waals surface area contributed by atoms with Gasteiger partial charge in [-0.2, -0.15) is 13.2 Å². The molecule has 0 aliphatic carbocycles. The Morgan fingerprint density at radius 1 is 1.41 bits per heavy atom. The van der Waals surface area contributed by atoms with Gasteiger partial charge >= 0.3 is 6.18 Å². The fraction of sp³-hybridized carbons (Fsp3) is 0.611. The lowest BCUT2D eigenvalue weighted by molar-refractivity contribution is -0.137. The van der Waals surface area contributed by atoms with Gasteiger partial charge in [-0.15, -0.1) is 24.0 Å². The Morgan fingerprint density at radius 3 is 2.85 bits per heavy atom. The average Bonchev–Trinajstić information content (AvgIpc) is 2.64. The first-order valence-corrected chi connectivity index (χ1v) is 8.76. The molecule has 5 nitrogen and oxygen atoms in total. The number of benzene rings is 1. The van der Waals surface area contributed by atoms with E-state index in [0.29, 0.717) is 45.0 Å². The number of hydrogen-bond donors (Lipinski definition) is 1. The van der Waals surface area contributed by atoms with Crippen molar-refractivity contribution in [3.63, 3.8) is 0 Å². The third kappa shape index (κ3) is 7.46. The summed E-state index contributed by atoms with van der Waals surface area (Å²) in [5.41, 5.74) is -0.129. The minimum atomic E-state index is -4.36. The molecule has 1 aliphatic rings. The molecule has 1 aromatic rings. The molecule has 1 atom stereocenters. The predicted octanol–water partition coefficient (Wildman–Crippen LogP) is 3.70. The fourth-order valence-corrected chi connectivity index (χ4v) is 2.78. The Balaban J connectivity index is 0.00000364. The summed E-state index contributed by atoms with van der Waals surface area (Å²) in [5, 5.41) is 3.24. The van der Waals surface area contributed by atoms with Crippen molar-refractivity contribution in [3.05, 3.63) is 35.4 Å². The van der Waals surface area contributed by atoms with E-state index in [1.807, 2.05) is 11.8 Å². The number of morpholine rings is 1. The van der Waals surface area contributed by atoms with Crippen molar-refractivity contribution < 1.29 is 22.6 Å². The first-order chi connectivity index (χ1) is 12.5. The number of ether oxygens (including phenoxy) is 2. The van der Waals surface area contributed by atoms with Gasteiger partial charge in [-0.05, 0) is 31.0 Å². The van der Waals surface area contributed by atoms with Gasteiger partial charge in [-0.3, -0.25) is 4.99 Å². The molecule has 0 saturated carbocycles. The Morgan fingerprint density at radius 2 is 2.19 bits per heavy atom. The number of alkyl halides is 3. The van der Waals surface area contributed by atoms with Gasteiger partial charge in [0.1, 0.15) is 6.10 Å². The number of halogens is 4. The summed E-state index contributed by atoms with van der Waals surface area (Å²) in [4.78, 5) is 6.61. The van der Waals surface area contributed by atoms with E-state index in [0.717, 1.165) is 24.5 Å². The highest BCUT2D eigenvalue weighted by molar-refractivity contribution is 14.0. The largest absolute Gasteiger partial charge is 0.416 e. The Bertz CT molecular complexity index is 599. The van der Waals surface area contributed by atoms with Crippen molar-refractivity contribution in [3.8, 4) is 0 Å². The minimum absolute atomic E-state index is 0. The normalized spacial score (nSPS) is 18.2. The predicted molar refractivity (Wildman–Crippen MR) is 110 cm³/mol. The van der Waals surface area contributed by atoms with Gasteiger partial charge in [0.2, 0.25) is 0 Å². The number of hydrogen-bond acceptors (Lipinski definition) is 3. The Hall–Kier alpha value is -1.07. The Labute approximate surface area is 175 Å². The Kier molecular flexibility index (Phi) is 10.4. The monoisotopic (exact) mass is 501 g/mol. The first-order valence-electron chi connectivity index (χ1n) is 8.76. The molecule has 1 N–H and O–H groups in total. The zero-order chi connectivity index (χ0) is 19.0. The van der Waals surface area contributed by atoms with Crippen LogP contribution >= 0.6 is 24.0 Å². The fourth-order valence-electron chi connectivity index (χ4n) is 2.78. The van der Waals surface area contributed by atoms with E-state index < -0.39 is 17.8 Å². The van der Waals surface area contributed by atoms with E-state index >= 15 is 0 Å². The van der Waals surface area contributed by atoms with Crippen LogP contribution in [0.1, 0.15) is 30.6 Å². The van der Waals surface area contributed by atoms with Gasteiger partial charge in [-0.1, -0.05) is 12.1 Å².